The Hall–Kier alpha value is -1.96. The van der Waals surface area contributed by atoms with Crippen molar-refractivity contribution in [1.29, 1.82) is 0 Å². The smallest absolute Gasteiger partial charge is 0.126 e. The molecule has 196 valence electrons. The van der Waals surface area contributed by atoms with Crippen LogP contribution in [0.2, 0.25) is 0 Å². The fourth-order valence-corrected chi connectivity index (χ4v) is 5.65. The Morgan fingerprint density at radius 3 is 1.60 bits per heavy atom. The molecular weight excluding hydrogens is 428 g/mol. The normalized spacial score (nSPS) is 12.3. The lowest BCUT2D eigenvalue weighted by Gasteiger charge is -2.29. The molecule has 1 unspecified atom stereocenters. The number of aryl methyl sites for hydroxylation is 1. The molecule has 0 saturated heterocycles. The number of hydrogen-bond donors (Lipinski definition) is 0. The van der Waals surface area contributed by atoms with Crippen LogP contribution in [0.5, 0.6) is 11.5 Å². The van der Waals surface area contributed by atoms with Gasteiger partial charge in [-0.15, -0.1) is 0 Å². The number of rotatable bonds is 16. The minimum Gasteiger partial charge on any atom is -0.496 e. The van der Waals surface area contributed by atoms with Crippen molar-refractivity contribution in [2.75, 3.05) is 14.2 Å². The Morgan fingerprint density at radius 1 is 0.629 bits per heavy atom. The third-order valence-electron chi connectivity index (χ3n) is 7.78. The van der Waals surface area contributed by atoms with Crippen molar-refractivity contribution in [3.8, 4) is 11.5 Å². The SMILES string of the molecule is CCCCCCCCCCCCc1ccc(C(c2c(C)c(OC)c(C)c(C)c2OC)C(C)C)cc1. The summed E-state index contributed by atoms with van der Waals surface area (Å²) in [5.41, 5.74) is 7.62. The molecule has 0 fully saturated rings. The topological polar surface area (TPSA) is 18.5 Å². The highest BCUT2D eigenvalue weighted by atomic mass is 16.5. The first kappa shape index (κ1) is 29.3. The molecule has 0 aliphatic carbocycles. The van der Waals surface area contributed by atoms with Gasteiger partial charge in [0.2, 0.25) is 0 Å². The summed E-state index contributed by atoms with van der Waals surface area (Å²) in [6.45, 7) is 13.4. The van der Waals surface area contributed by atoms with E-state index in [2.05, 4.69) is 65.8 Å². The number of benzene rings is 2. The van der Waals surface area contributed by atoms with Crippen LogP contribution >= 0.6 is 0 Å². The van der Waals surface area contributed by atoms with Gasteiger partial charge in [0.1, 0.15) is 11.5 Å². The van der Waals surface area contributed by atoms with E-state index in [1.54, 1.807) is 14.2 Å². The molecule has 0 heterocycles. The van der Waals surface area contributed by atoms with Gasteiger partial charge in [-0.25, -0.2) is 0 Å². The van der Waals surface area contributed by atoms with E-state index < -0.39 is 0 Å². The van der Waals surface area contributed by atoms with Gasteiger partial charge in [0.25, 0.3) is 0 Å². The van der Waals surface area contributed by atoms with E-state index in [0.717, 1.165) is 11.5 Å². The lowest BCUT2D eigenvalue weighted by molar-refractivity contribution is 0.384. The molecule has 2 aromatic rings. The molecule has 0 aliphatic heterocycles. The fourth-order valence-electron chi connectivity index (χ4n) is 5.65. The zero-order chi connectivity index (χ0) is 25.8. The molecule has 0 bridgehead atoms. The van der Waals surface area contributed by atoms with Crippen LogP contribution in [0.1, 0.15) is 124 Å². The third-order valence-corrected chi connectivity index (χ3v) is 7.78. The van der Waals surface area contributed by atoms with E-state index in [1.807, 2.05) is 0 Å². The maximum Gasteiger partial charge on any atom is 0.126 e. The molecule has 0 amide bonds. The lowest BCUT2D eigenvalue weighted by Crippen LogP contribution is -2.14. The molecule has 35 heavy (non-hydrogen) atoms. The molecule has 2 nitrogen and oxygen atoms in total. The van der Waals surface area contributed by atoms with Crippen molar-refractivity contribution >= 4 is 0 Å². The summed E-state index contributed by atoms with van der Waals surface area (Å²) >= 11 is 0. The highest BCUT2D eigenvalue weighted by molar-refractivity contribution is 5.61. The van der Waals surface area contributed by atoms with E-state index in [1.165, 1.54) is 104 Å². The summed E-state index contributed by atoms with van der Waals surface area (Å²) in [6.07, 6.45) is 15.1. The van der Waals surface area contributed by atoms with Gasteiger partial charge >= 0.3 is 0 Å². The maximum atomic E-state index is 5.98. The Kier molecular flexibility index (Phi) is 12.7. The van der Waals surface area contributed by atoms with Crippen LogP contribution in [0.4, 0.5) is 0 Å². The van der Waals surface area contributed by atoms with Crippen molar-refractivity contribution in [1.82, 2.24) is 0 Å². The second kappa shape index (κ2) is 15.2. The highest BCUT2D eigenvalue weighted by Crippen LogP contribution is 2.46. The predicted octanol–water partition coefficient (Wildman–Crippen LogP) is 9.88. The Balaban J connectivity index is 2.03. The number of hydrogen-bond acceptors (Lipinski definition) is 2. The van der Waals surface area contributed by atoms with Gasteiger partial charge in [-0.05, 0) is 67.3 Å². The van der Waals surface area contributed by atoms with Crippen LogP contribution in [-0.4, -0.2) is 14.2 Å². The summed E-state index contributed by atoms with van der Waals surface area (Å²) in [5, 5.41) is 0. The van der Waals surface area contributed by atoms with Crippen LogP contribution < -0.4 is 9.47 Å². The lowest BCUT2D eigenvalue weighted by atomic mass is 9.78. The zero-order valence-electron chi connectivity index (χ0n) is 24.1. The van der Waals surface area contributed by atoms with Gasteiger partial charge in [-0.2, -0.15) is 0 Å². The monoisotopic (exact) mass is 480 g/mol. The molecular formula is C33H52O2. The van der Waals surface area contributed by atoms with Crippen LogP contribution in [0.3, 0.4) is 0 Å². The van der Waals surface area contributed by atoms with E-state index in [9.17, 15) is 0 Å². The Labute approximate surface area is 216 Å². The molecule has 0 spiro atoms. The standard InChI is InChI=1S/C33H52O2/c1-9-10-11-12-13-14-15-16-17-18-19-28-20-22-29(23-21-28)30(24(2)3)31-27(6)32(34-7)25(4)26(5)33(31)35-8/h20-24,30H,9-19H2,1-8H3. The van der Waals surface area contributed by atoms with Crippen molar-refractivity contribution in [2.24, 2.45) is 5.92 Å². The average Bonchev–Trinajstić information content (AvgIpc) is 2.85. The fraction of sp³-hybridized carbons (Fsp3) is 0.636. The van der Waals surface area contributed by atoms with E-state index in [4.69, 9.17) is 9.47 Å². The molecule has 1 atom stereocenters. The van der Waals surface area contributed by atoms with Crippen molar-refractivity contribution < 1.29 is 9.47 Å². The Bertz CT molecular complexity index is 879. The van der Waals surface area contributed by atoms with E-state index >= 15 is 0 Å². The van der Waals surface area contributed by atoms with Gasteiger partial charge in [0.05, 0.1) is 14.2 Å². The zero-order valence-corrected chi connectivity index (χ0v) is 24.1. The second-order valence-electron chi connectivity index (χ2n) is 10.8. The minimum atomic E-state index is 0.268. The molecule has 0 saturated carbocycles. The highest BCUT2D eigenvalue weighted by Gasteiger charge is 2.28. The quantitative estimate of drug-likeness (QED) is 0.223. The molecule has 2 aromatic carbocycles. The third kappa shape index (κ3) is 8.02. The van der Waals surface area contributed by atoms with Crippen LogP contribution in [0.15, 0.2) is 24.3 Å². The van der Waals surface area contributed by atoms with Gasteiger partial charge in [0.15, 0.2) is 0 Å². The summed E-state index contributed by atoms with van der Waals surface area (Å²) in [4.78, 5) is 0. The summed E-state index contributed by atoms with van der Waals surface area (Å²) in [5.74, 6) is 2.71. The van der Waals surface area contributed by atoms with Crippen LogP contribution in [0, 0.1) is 26.7 Å². The predicted molar refractivity (Wildman–Crippen MR) is 152 cm³/mol. The largest absolute Gasteiger partial charge is 0.496 e. The minimum absolute atomic E-state index is 0.268. The van der Waals surface area contributed by atoms with Crippen molar-refractivity contribution in [3.05, 3.63) is 57.6 Å². The molecule has 0 radical (unpaired) electrons. The number of methoxy groups -OCH3 is 2. The summed E-state index contributed by atoms with van der Waals surface area (Å²) in [7, 11) is 3.57. The van der Waals surface area contributed by atoms with Crippen molar-refractivity contribution in [3.63, 3.8) is 0 Å². The van der Waals surface area contributed by atoms with E-state index in [-0.39, 0.29) is 5.92 Å². The van der Waals surface area contributed by atoms with Crippen LogP contribution in [0.25, 0.3) is 0 Å². The summed E-state index contributed by atoms with van der Waals surface area (Å²) < 4.78 is 11.8. The van der Waals surface area contributed by atoms with Gasteiger partial charge in [0, 0.05) is 11.5 Å². The first-order chi connectivity index (χ1) is 16.9. The maximum absolute atomic E-state index is 5.98. The Morgan fingerprint density at radius 2 is 1.11 bits per heavy atom. The van der Waals surface area contributed by atoms with E-state index in [0.29, 0.717) is 5.92 Å². The summed E-state index contributed by atoms with van der Waals surface area (Å²) in [6, 6.07) is 9.38. The molecule has 2 heteroatoms. The van der Waals surface area contributed by atoms with Gasteiger partial charge in [-0.3, -0.25) is 0 Å². The van der Waals surface area contributed by atoms with Crippen molar-refractivity contribution in [2.45, 2.75) is 118 Å². The average molecular weight is 481 g/mol. The first-order valence-electron chi connectivity index (χ1n) is 14.2. The van der Waals surface area contributed by atoms with Crippen LogP contribution in [-0.2, 0) is 6.42 Å². The van der Waals surface area contributed by atoms with Gasteiger partial charge in [-0.1, -0.05) is 103 Å². The molecule has 0 aromatic heterocycles. The second-order valence-corrected chi connectivity index (χ2v) is 10.8. The van der Waals surface area contributed by atoms with Gasteiger partial charge < -0.3 is 9.47 Å². The number of unbranched alkanes of at least 4 members (excludes halogenated alkanes) is 9. The molecule has 0 aliphatic rings. The number of ether oxygens (including phenoxy) is 2. The first-order valence-corrected chi connectivity index (χ1v) is 14.2. The molecule has 2 rings (SSSR count). The molecule has 0 N–H and O–H groups in total.